The Morgan fingerprint density at radius 3 is 2.68 bits per heavy atom. The molecule has 1 aromatic carbocycles. The van der Waals surface area contributed by atoms with Crippen molar-refractivity contribution in [2.45, 2.75) is 95.0 Å². The van der Waals surface area contributed by atoms with Crippen molar-refractivity contribution in [3.8, 4) is 11.5 Å². The van der Waals surface area contributed by atoms with Crippen LogP contribution >= 0.6 is 0 Å². The summed E-state index contributed by atoms with van der Waals surface area (Å²) < 4.78 is 13.4. The molecule has 1 unspecified atom stereocenters. The molecule has 7 atom stereocenters. The van der Waals surface area contributed by atoms with Crippen LogP contribution in [0.3, 0.4) is 0 Å². The van der Waals surface area contributed by atoms with Crippen LogP contribution in [-0.4, -0.2) is 58.7 Å². The smallest absolute Gasteiger partial charge is 0.165 e. The molecule has 186 valence electrons. The molecule has 6 aliphatic rings. The first-order chi connectivity index (χ1) is 16.0. The average molecular weight is 468 g/mol. The summed E-state index contributed by atoms with van der Waals surface area (Å²) in [6.45, 7) is 14.5. The number of aromatic hydroxyl groups is 1. The molecule has 5 heteroatoms. The Kier molecular flexibility index (Phi) is 4.58. The van der Waals surface area contributed by atoms with E-state index in [1.54, 1.807) is 0 Å². The third-order valence-corrected chi connectivity index (χ3v) is 11.3. The lowest BCUT2D eigenvalue weighted by Crippen LogP contribution is -2.83. The Hall–Kier alpha value is -1.56. The molecule has 4 fully saturated rings. The number of rotatable bonds is 5. The number of phenolic OH excluding ortho intramolecular Hbond substituents is 1. The van der Waals surface area contributed by atoms with Crippen molar-refractivity contribution in [3.63, 3.8) is 0 Å². The Morgan fingerprint density at radius 1 is 1.24 bits per heavy atom. The molecule has 2 spiro atoms. The van der Waals surface area contributed by atoms with Gasteiger partial charge in [0.25, 0.3) is 0 Å². The van der Waals surface area contributed by atoms with E-state index in [0.29, 0.717) is 11.8 Å². The Balaban J connectivity index is 1.61. The third-order valence-electron chi connectivity index (χ3n) is 11.3. The highest BCUT2D eigenvalue weighted by Crippen LogP contribution is 2.77. The Morgan fingerprint density at radius 2 is 2.00 bits per heavy atom. The summed E-state index contributed by atoms with van der Waals surface area (Å²) in [7, 11) is 1.81. The minimum atomic E-state index is -0.932. The van der Waals surface area contributed by atoms with Gasteiger partial charge < -0.3 is 19.7 Å². The SMILES string of the molecule is C=CCCN1CC[C@]23c4c5ccc(O)c4O[C@H]2C2(OC)CC[C@@]3(C[C@@H]2[C@](C)(O)C(C)(C)C)[C@H]1C5. The van der Waals surface area contributed by atoms with E-state index in [1.807, 2.05) is 26.2 Å². The van der Waals surface area contributed by atoms with E-state index in [9.17, 15) is 10.2 Å². The summed E-state index contributed by atoms with van der Waals surface area (Å²) in [5, 5.41) is 23.1. The lowest BCUT2D eigenvalue weighted by molar-refractivity contribution is -0.312. The van der Waals surface area contributed by atoms with E-state index in [-0.39, 0.29) is 34.0 Å². The van der Waals surface area contributed by atoms with Gasteiger partial charge in [0.1, 0.15) is 11.7 Å². The van der Waals surface area contributed by atoms with E-state index < -0.39 is 11.2 Å². The molecule has 0 radical (unpaired) electrons. The summed E-state index contributed by atoms with van der Waals surface area (Å²) in [4.78, 5) is 2.70. The minimum Gasteiger partial charge on any atom is -0.504 e. The maximum absolute atomic E-state index is 12.2. The van der Waals surface area contributed by atoms with E-state index >= 15 is 0 Å². The van der Waals surface area contributed by atoms with E-state index in [1.165, 1.54) is 11.1 Å². The monoisotopic (exact) mass is 467 g/mol. The third kappa shape index (κ3) is 2.33. The fourth-order valence-electron chi connectivity index (χ4n) is 9.25. The highest BCUT2D eigenvalue weighted by Gasteiger charge is 2.82. The van der Waals surface area contributed by atoms with E-state index in [4.69, 9.17) is 9.47 Å². The van der Waals surface area contributed by atoms with Gasteiger partial charge in [-0.3, -0.25) is 4.90 Å². The van der Waals surface area contributed by atoms with Gasteiger partial charge >= 0.3 is 0 Å². The molecule has 0 amide bonds. The van der Waals surface area contributed by atoms with Gasteiger partial charge in [0, 0.05) is 42.0 Å². The first-order valence-corrected chi connectivity index (χ1v) is 13.1. The lowest BCUT2D eigenvalue weighted by atomic mass is 9.33. The van der Waals surface area contributed by atoms with Crippen LogP contribution in [-0.2, 0) is 16.6 Å². The van der Waals surface area contributed by atoms with Crippen LogP contribution in [0.4, 0.5) is 0 Å². The van der Waals surface area contributed by atoms with Crippen LogP contribution in [0.25, 0.3) is 0 Å². The van der Waals surface area contributed by atoms with Crippen molar-refractivity contribution >= 4 is 0 Å². The number of nitrogens with zero attached hydrogens (tertiary/aromatic N) is 1. The molecule has 4 bridgehead atoms. The molecule has 2 aliphatic heterocycles. The van der Waals surface area contributed by atoms with Gasteiger partial charge in [-0.25, -0.2) is 0 Å². The Bertz CT molecular complexity index is 1040. The molecule has 1 saturated heterocycles. The molecular formula is C29H41NO4. The molecular weight excluding hydrogens is 426 g/mol. The van der Waals surface area contributed by atoms with Gasteiger partial charge in [-0.2, -0.15) is 0 Å². The van der Waals surface area contributed by atoms with Crippen molar-refractivity contribution in [2.24, 2.45) is 16.7 Å². The summed E-state index contributed by atoms with van der Waals surface area (Å²) in [6.07, 6.45) is 7.67. The number of fused-ring (bicyclic) bond motifs is 2. The highest BCUT2D eigenvalue weighted by molar-refractivity contribution is 5.63. The number of aliphatic hydroxyl groups is 1. The predicted molar refractivity (Wildman–Crippen MR) is 132 cm³/mol. The zero-order valence-electron chi connectivity index (χ0n) is 21.5. The maximum atomic E-state index is 12.2. The maximum Gasteiger partial charge on any atom is 0.165 e. The second kappa shape index (κ2) is 6.80. The highest BCUT2D eigenvalue weighted by atomic mass is 16.6. The van der Waals surface area contributed by atoms with Gasteiger partial charge in [-0.1, -0.05) is 32.9 Å². The number of methoxy groups -OCH3 is 1. The first-order valence-electron chi connectivity index (χ1n) is 13.1. The summed E-state index contributed by atoms with van der Waals surface area (Å²) in [5.74, 6) is 0.871. The fourth-order valence-corrected chi connectivity index (χ4v) is 9.25. The van der Waals surface area contributed by atoms with Crippen LogP contribution in [0.5, 0.6) is 11.5 Å². The van der Waals surface area contributed by atoms with Gasteiger partial charge in [0.15, 0.2) is 11.5 Å². The summed E-state index contributed by atoms with van der Waals surface area (Å²) in [5.41, 5.74) is 0.562. The van der Waals surface area contributed by atoms with E-state index in [0.717, 1.165) is 51.6 Å². The zero-order chi connectivity index (χ0) is 24.3. The normalized spacial score (nSPS) is 41.5. The molecule has 1 aromatic rings. The molecule has 4 aliphatic carbocycles. The first kappa shape index (κ1) is 22.9. The van der Waals surface area contributed by atoms with Crippen LogP contribution in [0, 0.1) is 16.7 Å². The van der Waals surface area contributed by atoms with Crippen molar-refractivity contribution in [3.05, 3.63) is 35.9 Å². The number of hydrogen-bond donors (Lipinski definition) is 2. The topological polar surface area (TPSA) is 62.2 Å². The predicted octanol–water partition coefficient (Wildman–Crippen LogP) is 4.58. The number of phenols is 1. The second-order valence-corrected chi connectivity index (χ2v) is 13.0. The largest absolute Gasteiger partial charge is 0.504 e. The fraction of sp³-hybridized carbons (Fsp3) is 0.724. The number of likely N-dealkylation sites (tertiary alicyclic amines) is 1. The molecule has 7 rings (SSSR count). The molecule has 5 nitrogen and oxygen atoms in total. The van der Waals surface area contributed by atoms with Gasteiger partial charge in [-0.05, 0) is 69.0 Å². The summed E-state index contributed by atoms with van der Waals surface area (Å²) in [6, 6.07) is 4.33. The zero-order valence-corrected chi connectivity index (χ0v) is 21.5. The second-order valence-electron chi connectivity index (χ2n) is 13.0. The average Bonchev–Trinajstić information content (AvgIpc) is 3.16. The molecule has 3 saturated carbocycles. The number of hydrogen-bond acceptors (Lipinski definition) is 5. The van der Waals surface area contributed by atoms with Gasteiger partial charge in [0.05, 0.1) is 5.60 Å². The standard InChI is InChI=1S/C29H41NO4/c1-7-8-14-30-15-13-28-22-18-9-10-19(31)23(22)34-24(28)29(33-6)12-11-27(28,21(30)16-18)17-20(29)26(5,32)25(2,3)4/h7,9-10,20-21,24,31-32H,1,8,11-17H2,2-6H3/t20-,21-,24-,26+,27-,28+,29?/m1/s1. The van der Waals surface area contributed by atoms with Gasteiger partial charge in [-0.15, -0.1) is 6.58 Å². The van der Waals surface area contributed by atoms with Crippen LogP contribution in [0.2, 0.25) is 0 Å². The Labute approximate surface area is 204 Å². The molecule has 34 heavy (non-hydrogen) atoms. The van der Waals surface area contributed by atoms with Crippen molar-refractivity contribution in [2.75, 3.05) is 20.2 Å². The van der Waals surface area contributed by atoms with Crippen molar-refractivity contribution < 1.29 is 19.7 Å². The van der Waals surface area contributed by atoms with Crippen molar-refractivity contribution in [1.82, 2.24) is 4.90 Å². The minimum absolute atomic E-state index is 0.0106. The van der Waals surface area contributed by atoms with Crippen LogP contribution in [0.15, 0.2) is 24.8 Å². The number of ether oxygens (including phenoxy) is 2. The van der Waals surface area contributed by atoms with Crippen LogP contribution < -0.4 is 4.74 Å². The van der Waals surface area contributed by atoms with Crippen molar-refractivity contribution in [1.29, 1.82) is 0 Å². The summed E-state index contributed by atoms with van der Waals surface area (Å²) >= 11 is 0. The quantitative estimate of drug-likeness (QED) is 0.621. The number of piperidine rings is 1. The molecule has 0 aromatic heterocycles. The molecule has 2 heterocycles. The van der Waals surface area contributed by atoms with Gasteiger partial charge in [0.2, 0.25) is 0 Å². The molecule has 2 N–H and O–H groups in total. The van der Waals surface area contributed by atoms with E-state index in [2.05, 4.69) is 38.3 Å². The lowest BCUT2D eigenvalue weighted by Gasteiger charge is -2.75. The van der Waals surface area contributed by atoms with Crippen LogP contribution in [0.1, 0.15) is 70.9 Å². The number of benzene rings is 1.